The first-order chi connectivity index (χ1) is 11.0. The normalized spacial score (nSPS) is 24.3. The van der Waals surface area contributed by atoms with Crippen LogP contribution >= 0.6 is 11.6 Å². The first-order valence-corrected chi connectivity index (χ1v) is 8.64. The second-order valence-electron chi connectivity index (χ2n) is 6.80. The maximum atomic E-state index is 12.8. The van der Waals surface area contributed by atoms with Crippen molar-refractivity contribution in [2.75, 3.05) is 26.2 Å². The summed E-state index contributed by atoms with van der Waals surface area (Å²) in [5.74, 6) is 1.18. The smallest absolute Gasteiger partial charge is 0.255 e. The SMILES string of the molecule is CC(=O)N1CC[C@@H]2CN(C(=O)c3ccc(C)cc3Cl)C[C@@H]2CC1. The lowest BCUT2D eigenvalue weighted by molar-refractivity contribution is -0.128. The van der Waals surface area contributed by atoms with Crippen LogP contribution in [0, 0.1) is 18.8 Å². The van der Waals surface area contributed by atoms with Crippen LogP contribution in [0.2, 0.25) is 5.02 Å². The van der Waals surface area contributed by atoms with E-state index in [1.54, 1.807) is 6.92 Å². The molecule has 0 aromatic heterocycles. The molecule has 0 unspecified atom stereocenters. The second kappa shape index (κ2) is 6.52. The van der Waals surface area contributed by atoms with E-state index in [1.807, 2.05) is 34.9 Å². The first-order valence-electron chi connectivity index (χ1n) is 8.26. The van der Waals surface area contributed by atoms with E-state index in [1.165, 1.54) is 0 Å². The molecule has 3 rings (SSSR count). The summed E-state index contributed by atoms with van der Waals surface area (Å²) in [6.07, 6.45) is 1.96. The largest absolute Gasteiger partial charge is 0.343 e. The number of carbonyl (C=O) groups is 2. The third-order valence-corrected chi connectivity index (χ3v) is 5.52. The zero-order chi connectivity index (χ0) is 16.6. The molecule has 0 radical (unpaired) electrons. The van der Waals surface area contributed by atoms with Crippen LogP contribution < -0.4 is 0 Å². The highest BCUT2D eigenvalue weighted by Gasteiger charge is 2.37. The number of amides is 2. The fourth-order valence-electron chi connectivity index (χ4n) is 3.79. The van der Waals surface area contributed by atoms with Crippen molar-refractivity contribution in [3.8, 4) is 0 Å². The monoisotopic (exact) mass is 334 g/mol. The molecule has 2 amide bonds. The Balaban J connectivity index is 1.69. The van der Waals surface area contributed by atoms with Gasteiger partial charge >= 0.3 is 0 Å². The molecule has 5 heteroatoms. The molecule has 124 valence electrons. The predicted octanol–water partition coefficient (Wildman–Crippen LogP) is 2.98. The number of rotatable bonds is 1. The maximum absolute atomic E-state index is 12.8. The van der Waals surface area contributed by atoms with Crippen LogP contribution in [0.5, 0.6) is 0 Å². The van der Waals surface area contributed by atoms with Crippen LogP contribution in [0.25, 0.3) is 0 Å². The number of benzene rings is 1. The van der Waals surface area contributed by atoms with Gasteiger partial charge in [0.25, 0.3) is 5.91 Å². The lowest BCUT2D eigenvalue weighted by Crippen LogP contribution is -2.33. The summed E-state index contributed by atoms with van der Waals surface area (Å²) in [5, 5.41) is 0.532. The standard InChI is InChI=1S/C18H23ClN2O2/c1-12-3-4-16(17(19)9-12)18(23)21-10-14-5-7-20(13(2)22)8-6-15(14)11-21/h3-4,9,14-15H,5-8,10-11H2,1-2H3/t14-,15+. The van der Waals surface area contributed by atoms with Crippen molar-refractivity contribution < 1.29 is 9.59 Å². The van der Waals surface area contributed by atoms with Crippen molar-refractivity contribution in [1.29, 1.82) is 0 Å². The molecular formula is C18H23ClN2O2. The molecule has 1 aromatic carbocycles. The van der Waals surface area contributed by atoms with Crippen molar-refractivity contribution in [2.45, 2.75) is 26.7 Å². The number of hydrogen-bond acceptors (Lipinski definition) is 2. The minimum absolute atomic E-state index is 0.0338. The van der Waals surface area contributed by atoms with Gasteiger partial charge in [-0.25, -0.2) is 0 Å². The summed E-state index contributed by atoms with van der Waals surface area (Å²) >= 11 is 6.24. The molecule has 0 saturated carbocycles. The van der Waals surface area contributed by atoms with Crippen molar-refractivity contribution in [1.82, 2.24) is 9.80 Å². The molecule has 2 atom stereocenters. The van der Waals surface area contributed by atoms with Crippen LogP contribution in [0.15, 0.2) is 18.2 Å². The summed E-state index contributed by atoms with van der Waals surface area (Å²) in [6, 6.07) is 5.59. The second-order valence-corrected chi connectivity index (χ2v) is 7.20. The third kappa shape index (κ3) is 3.37. The van der Waals surface area contributed by atoms with Gasteiger partial charge in [-0.1, -0.05) is 17.7 Å². The molecule has 2 saturated heterocycles. The van der Waals surface area contributed by atoms with Crippen molar-refractivity contribution >= 4 is 23.4 Å². The fraction of sp³-hybridized carbons (Fsp3) is 0.556. The topological polar surface area (TPSA) is 40.6 Å². The molecule has 23 heavy (non-hydrogen) atoms. The van der Waals surface area contributed by atoms with Gasteiger partial charge in [-0.05, 0) is 49.3 Å². The van der Waals surface area contributed by atoms with Crippen molar-refractivity contribution in [3.05, 3.63) is 34.3 Å². The van der Waals surface area contributed by atoms with E-state index >= 15 is 0 Å². The van der Waals surface area contributed by atoms with E-state index in [9.17, 15) is 9.59 Å². The molecule has 2 fully saturated rings. The summed E-state index contributed by atoms with van der Waals surface area (Å²) in [7, 11) is 0. The molecule has 2 aliphatic rings. The van der Waals surface area contributed by atoms with Gasteiger partial charge in [-0.3, -0.25) is 9.59 Å². The Morgan fingerprint density at radius 3 is 2.22 bits per heavy atom. The fourth-order valence-corrected chi connectivity index (χ4v) is 4.11. The molecule has 0 aliphatic carbocycles. The summed E-state index contributed by atoms with van der Waals surface area (Å²) in [6.45, 7) is 6.78. The number of fused-ring (bicyclic) bond motifs is 1. The minimum atomic E-state index is 0.0338. The lowest BCUT2D eigenvalue weighted by atomic mass is 9.92. The van der Waals surface area contributed by atoms with E-state index in [0.29, 0.717) is 22.4 Å². The Labute approximate surface area is 142 Å². The van der Waals surface area contributed by atoms with Crippen LogP contribution in [0.3, 0.4) is 0 Å². The zero-order valence-electron chi connectivity index (χ0n) is 13.7. The van der Waals surface area contributed by atoms with Gasteiger partial charge in [0.1, 0.15) is 0 Å². The van der Waals surface area contributed by atoms with Crippen molar-refractivity contribution in [3.63, 3.8) is 0 Å². The zero-order valence-corrected chi connectivity index (χ0v) is 14.5. The van der Waals surface area contributed by atoms with Gasteiger partial charge in [0.15, 0.2) is 0 Å². The van der Waals surface area contributed by atoms with Gasteiger partial charge in [0.05, 0.1) is 10.6 Å². The number of likely N-dealkylation sites (tertiary alicyclic amines) is 2. The average Bonchev–Trinajstić information content (AvgIpc) is 2.79. The highest BCUT2D eigenvalue weighted by atomic mass is 35.5. The predicted molar refractivity (Wildman–Crippen MR) is 90.6 cm³/mol. The highest BCUT2D eigenvalue weighted by Crippen LogP contribution is 2.33. The number of nitrogens with zero attached hydrogens (tertiary/aromatic N) is 2. The quantitative estimate of drug-likeness (QED) is 0.792. The van der Waals surface area contributed by atoms with E-state index in [-0.39, 0.29) is 11.8 Å². The van der Waals surface area contributed by atoms with Gasteiger partial charge in [-0.2, -0.15) is 0 Å². The van der Waals surface area contributed by atoms with E-state index in [0.717, 1.165) is 44.6 Å². The Hall–Kier alpha value is -1.55. The molecule has 2 heterocycles. The highest BCUT2D eigenvalue weighted by molar-refractivity contribution is 6.33. The first kappa shape index (κ1) is 16.3. The van der Waals surface area contributed by atoms with Gasteiger partial charge in [0, 0.05) is 33.1 Å². The van der Waals surface area contributed by atoms with E-state index < -0.39 is 0 Å². The Morgan fingerprint density at radius 2 is 1.70 bits per heavy atom. The van der Waals surface area contributed by atoms with E-state index in [2.05, 4.69) is 0 Å². The lowest BCUT2D eigenvalue weighted by Gasteiger charge is -2.21. The van der Waals surface area contributed by atoms with Gasteiger partial charge in [-0.15, -0.1) is 0 Å². The number of aryl methyl sites for hydroxylation is 1. The summed E-state index contributed by atoms with van der Waals surface area (Å²) < 4.78 is 0. The molecular weight excluding hydrogens is 312 g/mol. The molecule has 4 nitrogen and oxygen atoms in total. The number of hydrogen-bond donors (Lipinski definition) is 0. The summed E-state index contributed by atoms with van der Waals surface area (Å²) in [5.41, 5.74) is 1.65. The number of halogens is 1. The van der Waals surface area contributed by atoms with Crippen LogP contribution in [0.4, 0.5) is 0 Å². The average molecular weight is 335 g/mol. The Kier molecular flexibility index (Phi) is 4.62. The number of carbonyl (C=O) groups excluding carboxylic acids is 2. The molecule has 0 spiro atoms. The molecule has 0 N–H and O–H groups in total. The van der Waals surface area contributed by atoms with Crippen LogP contribution in [-0.4, -0.2) is 47.8 Å². The third-order valence-electron chi connectivity index (χ3n) is 5.20. The molecule has 1 aromatic rings. The van der Waals surface area contributed by atoms with Crippen LogP contribution in [0.1, 0.15) is 35.7 Å². The van der Waals surface area contributed by atoms with Crippen LogP contribution in [-0.2, 0) is 4.79 Å². The van der Waals surface area contributed by atoms with Gasteiger partial charge < -0.3 is 9.80 Å². The molecule has 2 aliphatic heterocycles. The minimum Gasteiger partial charge on any atom is -0.343 e. The molecule has 0 bridgehead atoms. The van der Waals surface area contributed by atoms with Gasteiger partial charge in [0.2, 0.25) is 5.91 Å². The van der Waals surface area contributed by atoms with E-state index in [4.69, 9.17) is 11.6 Å². The Morgan fingerprint density at radius 1 is 1.09 bits per heavy atom. The maximum Gasteiger partial charge on any atom is 0.255 e. The summed E-state index contributed by atoms with van der Waals surface area (Å²) in [4.78, 5) is 28.2. The Bertz CT molecular complexity index is 615. The van der Waals surface area contributed by atoms with Crippen molar-refractivity contribution in [2.24, 2.45) is 11.8 Å².